The van der Waals surface area contributed by atoms with Crippen LogP contribution in [0.25, 0.3) is 0 Å². The van der Waals surface area contributed by atoms with Crippen LogP contribution in [0.4, 0.5) is 11.4 Å². The van der Waals surface area contributed by atoms with Gasteiger partial charge >= 0.3 is 0 Å². The normalized spacial score (nSPS) is 21.8. The number of ether oxygens (including phenoxy) is 1. The van der Waals surface area contributed by atoms with Gasteiger partial charge < -0.3 is 9.64 Å². The Morgan fingerprint density at radius 2 is 2.23 bits per heavy atom. The summed E-state index contributed by atoms with van der Waals surface area (Å²) < 4.78 is 6.00. The van der Waals surface area contributed by atoms with Crippen LogP contribution in [0, 0.1) is 10.1 Å². The van der Waals surface area contributed by atoms with E-state index in [1.807, 2.05) is 12.3 Å². The van der Waals surface area contributed by atoms with Crippen molar-refractivity contribution >= 4 is 34.3 Å². The maximum Gasteiger partial charge on any atom is 0.271 e. The van der Waals surface area contributed by atoms with Crippen LogP contribution < -0.4 is 4.90 Å². The second kappa shape index (κ2) is 6.24. The Balaban J connectivity index is 1.86. The van der Waals surface area contributed by atoms with Crippen LogP contribution in [0.3, 0.4) is 0 Å². The number of halogens is 1. The predicted octanol–water partition coefficient (Wildman–Crippen LogP) is 4.28. The Kier molecular flexibility index (Phi) is 4.33. The number of hydrogen-bond donors (Lipinski definition) is 0. The molecule has 1 aromatic carbocycles. The maximum absolute atomic E-state index is 10.8. The molecule has 2 heterocycles. The molecule has 0 amide bonds. The summed E-state index contributed by atoms with van der Waals surface area (Å²) in [7, 11) is 0. The summed E-state index contributed by atoms with van der Waals surface area (Å²) in [5, 5.41) is 15.3. The van der Waals surface area contributed by atoms with Gasteiger partial charge in [0.2, 0.25) is 0 Å². The standard InChI is InChI=1S/C15H15ClN2O3S/c1-10-7-17(8-15(21-10)11-4-5-22-9-11)14-3-2-12(18(19)20)6-13(14)16/h2-6,9-10,15H,7-8H2,1H3. The third-order valence-electron chi connectivity index (χ3n) is 3.66. The summed E-state index contributed by atoms with van der Waals surface area (Å²) >= 11 is 7.88. The molecule has 0 radical (unpaired) electrons. The predicted molar refractivity (Wildman–Crippen MR) is 87.9 cm³/mol. The van der Waals surface area contributed by atoms with E-state index in [1.54, 1.807) is 17.4 Å². The van der Waals surface area contributed by atoms with Gasteiger partial charge in [-0.2, -0.15) is 11.3 Å². The highest BCUT2D eigenvalue weighted by molar-refractivity contribution is 7.07. The van der Waals surface area contributed by atoms with E-state index in [0.29, 0.717) is 18.1 Å². The summed E-state index contributed by atoms with van der Waals surface area (Å²) in [6, 6.07) is 6.66. The van der Waals surface area contributed by atoms with Gasteiger partial charge in [0, 0.05) is 25.2 Å². The van der Waals surface area contributed by atoms with E-state index in [4.69, 9.17) is 16.3 Å². The number of non-ortho nitro benzene ring substituents is 1. The molecule has 7 heteroatoms. The zero-order valence-electron chi connectivity index (χ0n) is 11.9. The number of benzene rings is 1. The largest absolute Gasteiger partial charge is 0.367 e. The van der Waals surface area contributed by atoms with Gasteiger partial charge in [-0.25, -0.2) is 0 Å². The fourth-order valence-corrected chi connectivity index (χ4v) is 3.65. The molecule has 2 unspecified atom stereocenters. The average Bonchev–Trinajstić information content (AvgIpc) is 3.00. The van der Waals surface area contributed by atoms with Crippen LogP contribution in [0.1, 0.15) is 18.6 Å². The van der Waals surface area contributed by atoms with Crippen molar-refractivity contribution in [3.8, 4) is 0 Å². The first-order valence-corrected chi connectivity index (χ1v) is 8.23. The third kappa shape index (κ3) is 3.09. The number of rotatable bonds is 3. The topological polar surface area (TPSA) is 55.6 Å². The summed E-state index contributed by atoms with van der Waals surface area (Å²) in [5.41, 5.74) is 1.96. The van der Waals surface area contributed by atoms with Gasteiger partial charge in [0.1, 0.15) is 6.10 Å². The lowest BCUT2D eigenvalue weighted by atomic mass is 10.1. The van der Waals surface area contributed by atoms with E-state index in [9.17, 15) is 10.1 Å². The van der Waals surface area contributed by atoms with Crippen LogP contribution in [-0.4, -0.2) is 24.1 Å². The fraction of sp³-hybridized carbons (Fsp3) is 0.333. The number of hydrogen-bond acceptors (Lipinski definition) is 5. The maximum atomic E-state index is 10.8. The molecule has 2 atom stereocenters. The van der Waals surface area contributed by atoms with Crippen LogP contribution >= 0.6 is 22.9 Å². The number of morpholine rings is 1. The van der Waals surface area contributed by atoms with Crippen molar-refractivity contribution in [2.75, 3.05) is 18.0 Å². The first kappa shape index (κ1) is 15.3. The Hall–Kier alpha value is -1.63. The molecule has 1 aliphatic heterocycles. The average molecular weight is 339 g/mol. The Morgan fingerprint density at radius 1 is 1.41 bits per heavy atom. The molecule has 22 heavy (non-hydrogen) atoms. The summed E-state index contributed by atoms with van der Waals surface area (Å²) in [6.07, 6.45) is 0.0474. The van der Waals surface area contributed by atoms with Gasteiger partial charge in [-0.15, -0.1) is 0 Å². The zero-order chi connectivity index (χ0) is 15.7. The van der Waals surface area contributed by atoms with Crippen molar-refractivity contribution < 1.29 is 9.66 Å². The number of nitrogens with zero attached hydrogens (tertiary/aromatic N) is 2. The Bertz CT molecular complexity index is 677. The molecule has 0 N–H and O–H groups in total. The van der Waals surface area contributed by atoms with E-state index in [2.05, 4.69) is 16.3 Å². The molecule has 0 saturated carbocycles. The number of anilines is 1. The third-order valence-corrected chi connectivity index (χ3v) is 4.66. The highest BCUT2D eigenvalue weighted by atomic mass is 35.5. The molecular weight excluding hydrogens is 324 g/mol. The van der Waals surface area contributed by atoms with Crippen molar-refractivity contribution in [1.82, 2.24) is 0 Å². The number of nitro groups is 1. The monoisotopic (exact) mass is 338 g/mol. The first-order chi connectivity index (χ1) is 10.5. The lowest BCUT2D eigenvalue weighted by molar-refractivity contribution is -0.384. The Labute approximate surface area is 137 Å². The van der Waals surface area contributed by atoms with E-state index < -0.39 is 4.92 Å². The van der Waals surface area contributed by atoms with Crippen LogP contribution in [-0.2, 0) is 4.74 Å². The second-order valence-electron chi connectivity index (χ2n) is 5.29. The van der Waals surface area contributed by atoms with Gasteiger partial charge in [0.15, 0.2) is 0 Å². The quantitative estimate of drug-likeness (QED) is 0.619. The minimum Gasteiger partial charge on any atom is -0.367 e. The highest BCUT2D eigenvalue weighted by Crippen LogP contribution is 2.35. The second-order valence-corrected chi connectivity index (χ2v) is 6.48. The van der Waals surface area contributed by atoms with Gasteiger partial charge in [0.05, 0.1) is 21.7 Å². The van der Waals surface area contributed by atoms with Gasteiger partial charge in [0.25, 0.3) is 5.69 Å². The molecule has 116 valence electrons. The van der Waals surface area contributed by atoms with Crippen LogP contribution in [0.5, 0.6) is 0 Å². The lowest BCUT2D eigenvalue weighted by Crippen LogP contribution is -2.43. The minimum atomic E-state index is -0.439. The molecular formula is C15H15ClN2O3S. The molecule has 0 aliphatic carbocycles. The molecule has 1 aliphatic rings. The van der Waals surface area contributed by atoms with Gasteiger partial charge in [-0.3, -0.25) is 10.1 Å². The first-order valence-electron chi connectivity index (χ1n) is 6.91. The molecule has 1 saturated heterocycles. The number of thiophene rings is 1. The van der Waals surface area contributed by atoms with Crippen molar-refractivity contribution in [3.05, 3.63) is 55.7 Å². The summed E-state index contributed by atoms with van der Waals surface area (Å²) in [6.45, 7) is 3.40. The number of nitro benzene ring substituents is 1. The lowest BCUT2D eigenvalue weighted by Gasteiger charge is -2.38. The van der Waals surface area contributed by atoms with E-state index in [0.717, 1.165) is 11.3 Å². The molecule has 0 spiro atoms. The van der Waals surface area contributed by atoms with Crippen molar-refractivity contribution in [2.45, 2.75) is 19.1 Å². The zero-order valence-corrected chi connectivity index (χ0v) is 13.5. The molecule has 2 aromatic rings. The molecule has 3 rings (SSSR count). The molecule has 1 aromatic heterocycles. The van der Waals surface area contributed by atoms with Crippen molar-refractivity contribution in [2.24, 2.45) is 0 Å². The van der Waals surface area contributed by atoms with E-state index >= 15 is 0 Å². The highest BCUT2D eigenvalue weighted by Gasteiger charge is 2.28. The van der Waals surface area contributed by atoms with Gasteiger partial charge in [-0.05, 0) is 35.4 Å². The Morgan fingerprint density at radius 3 is 2.86 bits per heavy atom. The molecule has 0 bridgehead atoms. The summed E-state index contributed by atoms with van der Waals surface area (Å²) in [5.74, 6) is 0. The van der Waals surface area contributed by atoms with Crippen LogP contribution in [0.2, 0.25) is 5.02 Å². The van der Waals surface area contributed by atoms with Crippen LogP contribution in [0.15, 0.2) is 35.0 Å². The fourth-order valence-electron chi connectivity index (χ4n) is 2.66. The molecule has 1 fully saturated rings. The van der Waals surface area contributed by atoms with E-state index in [-0.39, 0.29) is 17.9 Å². The SMILES string of the molecule is CC1CN(c2ccc([N+](=O)[O-])cc2Cl)CC(c2ccsc2)O1. The van der Waals surface area contributed by atoms with Gasteiger partial charge in [-0.1, -0.05) is 11.6 Å². The summed E-state index contributed by atoms with van der Waals surface area (Å²) in [4.78, 5) is 12.5. The molecule has 5 nitrogen and oxygen atoms in total. The van der Waals surface area contributed by atoms with Crippen molar-refractivity contribution in [3.63, 3.8) is 0 Å². The smallest absolute Gasteiger partial charge is 0.271 e. The van der Waals surface area contributed by atoms with E-state index in [1.165, 1.54) is 12.1 Å². The van der Waals surface area contributed by atoms with Crippen molar-refractivity contribution in [1.29, 1.82) is 0 Å². The minimum absolute atomic E-state index is 0.00411.